The number of ether oxygens (including phenoxy) is 1. The smallest absolute Gasteiger partial charge is 0.318 e. The molecule has 3 rings (SSSR count). The van der Waals surface area contributed by atoms with Crippen LogP contribution in [0.5, 0.6) is 6.01 Å². The van der Waals surface area contributed by atoms with Crippen molar-refractivity contribution in [1.82, 2.24) is 24.6 Å². The Labute approximate surface area is 153 Å². The fourth-order valence-electron chi connectivity index (χ4n) is 3.23. The van der Waals surface area contributed by atoms with Crippen LogP contribution in [0.4, 0.5) is 5.82 Å². The summed E-state index contributed by atoms with van der Waals surface area (Å²) in [7, 11) is 5.07. The summed E-state index contributed by atoms with van der Waals surface area (Å²) < 4.78 is 7.22. The van der Waals surface area contributed by atoms with Crippen LogP contribution >= 0.6 is 0 Å². The lowest BCUT2D eigenvalue weighted by Crippen LogP contribution is -2.26. The van der Waals surface area contributed by atoms with E-state index in [0.717, 1.165) is 47.8 Å². The molecule has 0 radical (unpaired) electrons. The monoisotopic (exact) mass is 358 g/mol. The van der Waals surface area contributed by atoms with Gasteiger partial charge in [-0.25, -0.2) is 4.98 Å². The summed E-state index contributed by atoms with van der Waals surface area (Å²) in [4.78, 5) is 25.1. The SMILES string of the molecule is COc1nc(C)c(C)c(N2CCCn3nc(C(=O)N(C)C)c(C)c3C2)n1. The Balaban J connectivity index is 2.01. The molecule has 0 fully saturated rings. The summed E-state index contributed by atoms with van der Waals surface area (Å²) in [6, 6.07) is 0.376. The van der Waals surface area contributed by atoms with Crippen molar-refractivity contribution in [3.05, 3.63) is 28.2 Å². The van der Waals surface area contributed by atoms with Crippen molar-refractivity contribution in [2.45, 2.75) is 40.3 Å². The van der Waals surface area contributed by atoms with Crippen molar-refractivity contribution in [2.75, 3.05) is 32.6 Å². The molecule has 1 amide bonds. The molecule has 0 unspecified atom stereocenters. The lowest BCUT2D eigenvalue weighted by atomic mass is 10.1. The molecule has 26 heavy (non-hydrogen) atoms. The number of rotatable bonds is 3. The minimum Gasteiger partial charge on any atom is -0.467 e. The Morgan fingerprint density at radius 3 is 2.50 bits per heavy atom. The first kappa shape index (κ1) is 18.2. The van der Waals surface area contributed by atoms with E-state index in [0.29, 0.717) is 18.2 Å². The molecular weight excluding hydrogens is 332 g/mol. The Hall–Kier alpha value is -2.64. The third-order valence-corrected chi connectivity index (χ3v) is 4.89. The third kappa shape index (κ3) is 3.11. The molecule has 0 aromatic carbocycles. The van der Waals surface area contributed by atoms with Crippen molar-refractivity contribution in [2.24, 2.45) is 0 Å². The maximum absolute atomic E-state index is 12.4. The highest BCUT2D eigenvalue weighted by Gasteiger charge is 2.26. The van der Waals surface area contributed by atoms with Crippen molar-refractivity contribution in [1.29, 1.82) is 0 Å². The first-order valence-corrected chi connectivity index (χ1v) is 8.75. The number of nitrogens with zero attached hydrogens (tertiary/aromatic N) is 6. The average Bonchev–Trinajstić information content (AvgIpc) is 2.79. The van der Waals surface area contributed by atoms with Gasteiger partial charge in [-0.2, -0.15) is 10.1 Å². The van der Waals surface area contributed by atoms with Gasteiger partial charge in [0.1, 0.15) is 5.82 Å². The molecule has 2 aromatic rings. The molecule has 0 saturated carbocycles. The highest BCUT2D eigenvalue weighted by Crippen LogP contribution is 2.27. The van der Waals surface area contributed by atoms with E-state index >= 15 is 0 Å². The Morgan fingerprint density at radius 2 is 1.85 bits per heavy atom. The minimum absolute atomic E-state index is 0.0645. The van der Waals surface area contributed by atoms with Gasteiger partial charge in [0.15, 0.2) is 5.69 Å². The van der Waals surface area contributed by atoms with Gasteiger partial charge in [0.2, 0.25) is 0 Å². The molecule has 1 aliphatic rings. The fourth-order valence-corrected chi connectivity index (χ4v) is 3.23. The molecule has 0 bridgehead atoms. The normalized spacial score (nSPS) is 14.0. The van der Waals surface area contributed by atoms with Crippen LogP contribution in [0.25, 0.3) is 0 Å². The second kappa shape index (κ2) is 6.93. The van der Waals surface area contributed by atoms with E-state index in [1.165, 1.54) is 0 Å². The number of carbonyl (C=O) groups excluding carboxylic acids is 1. The predicted molar refractivity (Wildman–Crippen MR) is 98.7 cm³/mol. The number of fused-ring (bicyclic) bond motifs is 1. The molecule has 0 aliphatic carbocycles. The Morgan fingerprint density at radius 1 is 1.12 bits per heavy atom. The number of aromatic nitrogens is 4. The van der Waals surface area contributed by atoms with Gasteiger partial charge in [-0.05, 0) is 27.2 Å². The van der Waals surface area contributed by atoms with Crippen molar-refractivity contribution in [3.8, 4) is 6.01 Å². The van der Waals surface area contributed by atoms with Crippen LogP contribution in [0.15, 0.2) is 0 Å². The van der Waals surface area contributed by atoms with Crippen molar-refractivity contribution in [3.63, 3.8) is 0 Å². The summed E-state index contributed by atoms with van der Waals surface area (Å²) in [6.07, 6.45) is 0.925. The zero-order chi connectivity index (χ0) is 19.0. The van der Waals surface area contributed by atoms with E-state index in [-0.39, 0.29) is 5.91 Å². The van der Waals surface area contributed by atoms with E-state index in [1.807, 2.05) is 25.5 Å². The zero-order valence-electron chi connectivity index (χ0n) is 16.3. The van der Waals surface area contributed by atoms with Crippen LogP contribution in [0, 0.1) is 20.8 Å². The Kier molecular flexibility index (Phi) is 4.84. The molecule has 1 aliphatic heterocycles. The van der Waals surface area contributed by atoms with Crippen LogP contribution in [-0.2, 0) is 13.1 Å². The maximum Gasteiger partial charge on any atom is 0.318 e. The average molecular weight is 358 g/mol. The molecule has 0 N–H and O–H groups in total. The first-order valence-electron chi connectivity index (χ1n) is 8.75. The molecule has 8 heteroatoms. The highest BCUT2D eigenvalue weighted by molar-refractivity contribution is 5.93. The standard InChI is InChI=1S/C18H26N6O2/c1-11-13(3)19-18(26-6)20-16(11)23-8-7-9-24-14(10-23)12(2)15(21-24)17(25)22(4)5/h7-10H2,1-6H3. The van der Waals surface area contributed by atoms with Gasteiger partial charge in [0, 0.05) is 44.0 Å². The number of anilines is 1. The topological polar surface area (TPSA) is 76.4 Å². The van der Waals surface area contributed by atoms with Crippen LogP contribution in [-0.4, -0.2) is 58.3 Å². The zero-order valence-corrected chi connectivity index (χ0v) is 16.3. The second-order valence-electron chi connectivity index (χ2n) is 6.86. The first-order chi connectivity index (χ1) is 12.3. The van der Waals surface area contributed by atoms with Crippen LogP contribution < -0.4 is 9.64 Å². The highest BCUT2D eigenvalue weighted by atomic mass is 16.5. The largest absolute Gasteiger partial charge is 0.467 e. The van der Waals surface area contributed by atoms with E-state index in [1.54, 1.807) is 26.1 Å². The number of methoxy groups -OCH3 is 1. The summed E-state index contributed by atoms with van der Waals surface area (Å²) in [5.41, 5.74) is 4.47. The van der Waals surface area contributed by atoms with Gasteiger partial charge in [0.05, 0.1) is 19.3 Å². The van der Waals surface area contributed by atoms with Gasteiger partial charge in [-0.15, -0.1) is 0 Å². The van der Waals surface area contributed by atoms with E-state index < -0.39 is 0 Å². The molecule has 0 saturated heterocycles. The second-order valence-corrected chi connectivity index (χ2v) is 6.86. The predicted octanol–water partition coefficient (Wildman–Crippen LogP) is 1.72. The van der Waals surface area contributed by atoms with Crippen molar-refractivity contribution < 1.29 is 9.53 Å². The van der Waals surface area contributed by atoms with Crippen molar-refractivity contribution >= 4 is 11.7 Å². The number of carbonyl (C=O) groups is 1. The quantitative estimate of drug-likeness (QED) is 0.831. The molecule has 2 aromatic heterocycles. The van der Waals surface area contributed by atoms with Crippen LogP contribution in [0.1, 0.15) is 39.4 Å². The van der Waals surface area contributed by atoms with Gasteiger partial charge in [-0.1, -0.05) is 0 Å². The van der Waals surface area contributed by atoms with Gasteiger partial charge in [0.25, 0.3) is 5.91 Å². The van der Waals surface area contributed by atoms with Crippen LogP contribution in [0.2, 0.25) is 0 Å². The number of hydrogen-bond donors (Lipinski definition) is 0. The van der Waals surface area contributed by atoms with E-state index in [9.17, 15) is 4.79 Å². The summed E-state index contributed by atoms with van der Waals surface area (Å²) in [5.74, 6) is 0.814. The fraction of sp³-hybridized carbons (Fsp3) is 0.556. The summed E-state index contributed by atoms with van der Waals surface area (Å²) in [6.45, 7) is 8.26. The van der Waals surface area contributed by atoms with Gasteiger partial charge in [-0.3, -0.25) is 9.48 Å². The molecule has 3 heterocycles. The van der Waals surface area contributed by atoms with Crippen LogP contribution in [0.3, 0.4) is 0 Å². The lowest BCUT2D eigenvalue weighted by molar-refractivity contribution is 0.0820. The maximum atomic E-state index is 12.4. The number of amides is 1. The molecule has 0 spiro atoms. The molecule has 0 atom stereocenters. The number of aryl methyl sites for hydroxylation is 2. The van der Waals surface area contributed by atoms with Gasteiger partial charge >= 0.3 is 6.01 Å². The Bertz CT molecular complexity index is 843. The number of hydrogen-bond acceptors (Lipinski definition) is 6. The van der Waals surface area contributed by atoms with E-state index in [4.69, 9.17) is 4.74 Å². The lowest BCUT2D eigenvalue weighted by Gasteiger charge is -2.24. The summed E-state index contributed by atoms with van der Waals surface area (Å²) >= 11 is 0. The minimum atomic E-state index is -0.0645. The summed E-state index contributed by atoms with van der Waals surface area (Å²) in [5, 5.41) is 4.57. The third-order valence-electron chi connectivity index (χ3n) is 4.89. The molecule has 140 valence electrons. The van der Waals surface area contributed by atoms with Gasteiger partial charge < -0.3 is 14.5 Å². The van der Waals surface area contributed by atoms with E-state index in [2.05, 4.69) is 20.0 Å². The molecule has 8 nitrogen and oxygen atoms in total. The molecular formula is C18H26N6O2.